The van der Waals surface area contributed by atoms with Crippen LogP contribution in [0.15, 0.2) is 0 Å². The number of carboxylic acids is 1. The van der Waals surface area contributed by atoms with E-state index in [4.69, 9.17) is 5.11 Å². The minimum atomic E-state index is -0.733. The van der Waals surface area contributed by atoms with E-state index < -0.39 is 5.97 Å². The smallest absolute Gasteiger partial charge is 0.304 e. The molecule has 0 saturated carbocycles. The summed E-state index contributed by atoms with van der Waals surface area (Å²) in [6.07, 6.45) is 2.52. The highest BCUT2D eigenvalue weighted by Gasteiger charge is 2.06. The molecule has 2 atom stereocenters. The molecule has 3 nitrogen and oxygen atoms in total. The number of hydrogen-bond donors (Lipinski definition) is 2. The molecule has 0 heterocycles. The molecule has 0 bridgehead atoms. The van der Waals surface area contributed by atoms with Gasteiger partial charge >= 0.3 is 5.97 Å². The SMILES string of the molecule is CCC(C)CC(C)NCCC(=O)O. The van der Waals surface area contributed by atoms with Crippen molar-refractivity contribution in [1.29, 1.82) is 0 Å². The normalized spacial score (nSPS) is 15.3. The molecule has 2 N–H and O–H groups in total. The van der Waals surface area contributed by atoms with E-state index in [1.54, 1.807) is 0 Å². The highest BCUT2D eigenvalue weighted by molar-refractivity contribution is 5.66. The molecule has 0 saturated heterocycles. The highest BCUT2D eigenvalue weighted by atomic mass is 16.4. The number of carboxylic acid groups (broad SMARTS) is 1. The number of carbonyl (C=O) groups is 1. The molecule has 0 rings (SSSR count). The van der Waals surface area contributed by atoms with Gasteiger partial charge in [-0.2, -0.15) is 0 Å². The van der Waals surface area contributed by atoms with Gasteiger partial charge in [-0.3, -0.25) is 4.79 Å². The lowest BCUT2D eigenvalue weighted by atomic mass is 10.0. The Kier molecular flexibility index (Phi) is 6.59. The average molecular weight is 187 g/mol. The van der Waals surface area contributed by atoms with Crippen molar-refractivity contribution in [3.05, 3.63) is 0 Å². The van der Waals surface area contributed by atoms with Gasteiger partial charge in [0.15, 0.2) is 0 Å². The Balaban J connectivity index is 3.39. The van der Waals surface area contributed by atoms with Crippen molar-refractivity contribution in [2.75, 3.05) is 6.54 Å². The van der Waals surface area contributed by atoms with Gasteiger partial charge in [-0.25, -0.2) is 0 Å². The summed E-state index contributed by atoms with van der Waals surface area (Å²) in [6, 6.07) is 0.425. The second-order valence-corrected chi connectivity index (χ2v) is 3.75. The number of hydrogen-bond acceptors (Lipinski definition) is 2. The number of rotatable bonds is 7. The van der Waals surface area contributed by atoms with Crippen molar-refractivity contribution in [3.63, 3.8) is 0 Å². The van der Waals surface area contributed by atoms with Crippen LogP contribution in [0.4, 0.5) is 0 Å². The van der Waals surface area contributed by atoms with E-state index >= 15 is 0 Å². The van der Waals surface area contributed by atoms with E-state index in [1.165, 1.54) is 6.42 Å². The monoisotopic (exact) mass is 187 g/mol. The van der Waals surface area contributed by atoms with Crippen molar-refractivity contribution in [1.82, 2.24) is 5.32 Å². The third-order valence-corrected chi connectivity index (χ3v) is 2.28. The second-order valence-electron chi connectivity index (χ2n) is 3.75. The van der Waals surface area contributed by atoms with E-state index in [0.717, 1.165) is 6.42 Å². The zero-order valence-electron chi connectivity index (χ0n) is 8.84. The first-order chi connectivity index (χ1) is 6.06. The third kappa shape index (κ3) is 7.78. The van der Waals surface area contributed by atoms with Crippen molar-refractivity contribution in [2.45, 2.75) is 46.1 Å². The number of nitrogens with one attached hydrogen (secondary N) is 1. The largest absolute Gasteiger partial charge is 0.481 e. The summed E-state index contributed by atoms with van der Waals surface area (Å²) >= 11 is 0. The Morgan fingerprint density at radius 2 is 2.08 bits per heavy atom. The minimum absolute atomic E-state index is 0.213. The molecule has 0 aliphatic heterocycles. The second kappa shape index (κ2) is 6.89. The van der Waals surface area contributed by atoms with Crippen molar-refractivity contribution < 1.29 is 9.90 Å². The standard InChI is InChI=1S/C10H21NO2/c1-4-8(2)7-9(3)11-6-5-10(12)13/h8-9,11H,4-7H2,1-3H3,(H,12,13). The molecule has 0 aromatic carbocycles. The maximum atomic E-state index is 10.2. The fourth-order valence-electron chi connectivity index (χ4n) is 1.28. The fourth-order valence-corrected chi connectivity index (χ4v) is 1.28. The van der Waals surface area contributed by atoms with Crippen LogP contribution in [0.3, 0.4) is 0 Å². The quantitative estimate of drug-likeness (QED) is 0.639. The fraction of sp³-hybridized carbons (Fsp3) is 0.900. The van der Waals surface area contributed by atoms with E-state index in [1.807, 2.05) is 0 Å². The van der Waals surface area contributed by atoms with Gasteiger partial charge in [0, 0.05) is 12.6 Å². The van der Waals surface area contributed by atoms with Gasteiger partial charge in [0.1, 0.15) is 0 Å². The summed E-state index contributed by atoms with van der Waals surface area (Å²) in [5.41, 5.74) is 0. The first kappa shape index (κ1) is 12.4. The predicted molar refractivity (Wildman–Crippen MR) is 53.8 cm³/mol. The van der Waals surface area contributed by atoms with E-state index in [-0.39, 0.29) is 6.42 Å². The van der Waals surface area contributed by atoms with E-state index in [9.17, 15) is 4.79 Å². The van der Waals surface area contributed by atoms with Crippen LogP contribution >= 0.6 is 0 Å². The Morgan fingerprint density at radius 3 is 2.54 bits per heavy atom. The molecular weight excluding hydrogens is 166 g/mol. The Hall–Kier alpha value is -0.570. The molecule has 0 aliphatic rings. The van der Waals surface area contributed by atoms with Gasteiger partial charge in [0.05, 0.1) is 6.42 Å². The van der Waals surface area contributed by atoms with Crippen LogP contribution in [-0.2, 0) is 4.79 Å². The van der Waals surface area contributed by atoms with Crippen molar-refractivity contribution in [3.8, 4) is 0 Å². The Bertz CT molecular complexity index is 148. The molecule has 0 aliphatic carbocycles. The van der Waals surface area contributed by atoms with E-state index in [2.05, 4.69) is 26.1 Å². The third-order valence-electron chi connectivity index (χ3n) is 2.28. The summed E-state index contributed by atoms with van der Waals surface area (Å²) in [5, 5.41) is 11.6. The van der Waals surface area contributed by atoms with Crippen LogP contribution in [-0.4, -0.2) is 23.7 Å². The van der Waals surface area contributed by atoms with Crippen LogP contribution in [0.5, 0.6) is 0 Å². The molecule has 0 spiro atoms. The molecule has 0 radical (unpaired) electrons. The Morgan fingerprint density at radius 1 is 1.46 bits per heavy atom. The van der Waals surface area contributed by atoms with Crippen LogP contribution < -0.4 is 5.32 Å². The van der Waals surface area contributed by atoms with Crippen LogP contribution in [0, 0.1) is 5.92 Å². The molecule has 0 aromatic heterocycles. The Labute approximate surface area is 80.5 Å². The van der Waals surface area contributed by atoms with Gasteiger partial charge < -0.3 is 10.4 Å². The summed E-state index contributed by atoms with van der Waals surface area (Å²) < 4.78 is 0. The average Bonchev–Trinajstić information content (AvgIpc) is 2.03. The van der Waals surface area contributed by atoms with Crippen molar-refractivity contribution in [2.24, 2.45) is 5.92 Å². The highest BCUT2D eigenvalue weighted by Crippen LogP contribution is 2.08. The maximum absolute atomic E-state index is 10.2. The molecule has 0 amide bonds. The first-order valence-corrected chi connectivity index (χ1v) is 5.01. The minimum Gasteiger partial charge on any atom is -0.481 e. The molecule has 3 heteroatoms. The lowest BCUT2D eigenvalue weighted by molar-refractivity contribution is -0.136. The number of aliphatic carboxylic acids is 1. The van der Waals surface area contributed by atoms with Crippen LogP contribution in [0.2, 0.25) is 0 Å². The lowest BCUT2D eigenvalue weighted by Crippen LogP contribution is -2.29. The molecule has 13 heavy (non-hydrogen) atoms. The topological polar surface area (TPSA) is 49.3 Å². The van der Waals surface area contributed by atoms with Crippen LogP contribution in [0.25, 0.3) is 0 Å². The molecule has 78 valence electrons. The van der Waals surface area contributed by atoms with Gasteiger partial charge in [0.2, 0.25) is 0 Å². The zero-order valence-corrected chi connectivity index (χ0v) is 8.84. The summed E-state index contributed by atoms with van der Waals surface area (Å²) in [4.78, 5) is 10.2. The molecule has 2 unspecified atom stereocenters. The summed E-state index contributed by atoms with van der Waals surface area (Å²) in [6.45, 7) is 7.07. The first-order valence-electron chi connectivity index (χ1n) is 5.01. The molecule has 0 aromatic rings. The van der Waals surface area contributed by atoms with Crippen molar-refractivity contribution >= 4 is 5.97 Å². The maximum Gasteiger partial charge on any atom is 0.304 e. The van der Waals surface area contributed by atoms with Crippen LogP contribution in [0.1, 0.15) is 40.0 Å². The lowest BCUT2D eigenvalue weighted by Gasteiger charge is -2.16. The van der Waals surface area contributed by atoms with E-state index in [0.29, 0.717) is 18.5 Å². The van der Waals surface area contributed by atoms with Gasteiger partial charge in [-0.1, -0.05) is 20.3 Å². The summed E-state index contributed by atoms with van der Waals surface area (Å²) in [7, 11) is 0. The molecule has 0 fully saturated rings. The van der Waals surface area contributed by atoms with Gasteiger partial charge in [-0.15, -0.1) is 0 Å². The predicted octanol–water partition coefficient (Wildman–Crippen LogP) is 1.88. The van der Waals surface area contributed by atoms with Gasteiger partial charge in [-0.05, 0) is 19.3 Å². The molecular formula is C10H21NO2. The van der Waals surface area contributed by atoms with Gasteiger partial charge in [0.25, 0.3) is 0 Å². The zero-order chi connectivity index (χ0) is 10.3. The summed E-state index contributed by atoms with van der Waals surface area (Å²) in [5.74, 6) is -0.0180.